The molecule has 0 aliphatic carbocycles. The van der Waals surface area contributed by atoms with Gasteiger partial charge in [0.25, 0.3) is 0 Å². The minimum atomic E-state index is -0.235. The fraction of sp³-hybridized carbons (Fsp3) is 0.500. The number of halogens is 2. The number of anilines is 1. The van der Waals surface area contributed by atoms with E-state index in [1.165, 1.54) is 0 Å². The van der Waals surface area contributed by atoms with E-state index in [2.05, 4.69) is 10.2 Å². The molecule has 1 aliphatic rings. The second kappa shape index (κ2) is 6.76. The van der Waals surface area contributed by atoms with Gasteiger partial charge in [0, 0.05) is 18.8 Å². The van der Waals surface area contributed by atoms with Crippen LogP contribution >= 0.6 is 23.2 Å². The van der Waals surface area contributed by atoms with E-state index < -0.39 is 0 Å². The van der Waals surface area contributed by atoms with Crippen molar-refractivity contribution in [3.63, 3.8) is 0 Å². The lowest BCUT2D eigenvalue weighted by atomic mass is 10.1. The number of amides is 1. The van der Waals surface area contributed by atoms with Crippen LogP contribution in [0.25, 0.3) is 0 Å². The number of hydrogen-bond donors (Lipinski definition) is 2. The second-order valence-electron chi connectivity index (χ2n) is 5.13. The Balaban J connectivity index is 1.95. The van der Waals surface area contributed by atoms with Gasteiger partial charge in [0.1, 0.15) is 0 Å². The van der Waals surface area contributed by atoms with Crippen LogP contribution in [0.4, 0.5) is 5.69 Å². The van der Waals surface area contributed by atoms with Crippen LogP contribution < -0.4 is 5.32 Å². The highest BCUT2D eigenvalue weighted by Crippen LogP contribution is 2.25. The smallest absolute Gasteiger partial charge is 0.241 e. The van der Waals surface area contributed by atoms with Crippen LogP contribution in [0.1, 0.15) is 13.3 Å². The van der Waals surface area contributed by atoms with E-state index in [-0.39, 0.29) is 24.5 Å². The molecule has 0 radical (unpaired) electrons. The van der Waals surface area contributed by atoms with E-state index in [1.54, 1.807) is 18.2 Å². The first-order valence-electron chi connectivity index (χ1n) is 6.62. The van der Waals surface area contributed by atoms with Gasteiger partial charge in [-0.05, 0) is 44.0 Å². The van der Waals surface area contributed by atoms with Crippen molar-refractivity contribution in [2.45, 2.75) is 19.4 Å². The molecule has 1 heterocycles. The molecular weight excluding hydrogens is 299 g/mol. The molecule has 2 N–H and O–H groups in total. The van der Waals surface area contributed by atoms with Crippen LogP contribution in [0, 0.1) is 5.92 Å². The molecule has 1 fully saturated rings. The molecule has 4 nitrogen and oxygen atoms in total. The van der Waals surface area contributed by atoms with Crippen molar-refractivity contribution in [3.05, 3.63) is 28.2 Å². The molecule has 2 atom stereocenters. The van der Waals surface area contributed by atoms with Crippen molar-refractivity contribution < 1.29 is 9.90 Å². The summed E-state index contributed by atoms with van der Waals surface area (Å²) in [6.07, 6.45) is 0.931. The Kier molecular flexibility index (Phi) is 5.27. The van der Waals surface area contributed by atoms with Crippen LogP contribution in [-0.2, 0) is 4.79 Å². The maximum Gasteiger partial charge on any atom is 0.241 e. The molecule has 1 aliphatic heterocycles. The number of nitrogens with zero attached hydrogens (tertiary/aromatic N) is 1. The fourth-order valence-electron chi connectivity index (χ4n) is 2.35. The Morgan fingerprint density at radius 1 is 1.50 bits per heavy atom. The van der Waals surface area contributed by atoms with Crippen molar-refractivity contribution in [1.29, 1.82) is 0 Å². The second-order valence-corrected chi connectivity index (χ2v) is 5.94. The molecule has 2 rings (SSSR count). The minimum Gasteiger partial charge on any atom is -0.396 e. The van der Waals surface area contributed by atoms with Gasteiger partial charge in [-0.25, -0.2) is 0 Å². The molecule has 0 spiro atoms. The quantitative estimate of drug-likeness (QED) is 0.897. The number of likely N-dealkylation sites (tertiary alicyclic amines) is 1. The minimum absolute atomic E-state index is 0.0815. The zero-order valence-electron chi connectivity index (χ0n) is 11.3. The molecule has 2 unspecified atom stereocenters. The summed E-state index contributed by atoms with van der Waals surface area (Å²) in [5.41, 5.74) is 0.633. The first-order valence-corrected chi connectivity index (χ1v) is 7.37. The topological polar surface area (TPSA) is 52.6 Å². The lowest BCUT2D eigenvalue weighted by Gasteiger charge is -2.23. The van der Waals surface area contributed by atoms with Gasteiger partial charge in [-0.1, -0.05) is 23.2 Å². The summed E-state index contributed by atoms with van der Waals surface area (Å²) in [6, 6.07) is 4.77. The van der Waals surface area contributed by atoms with E-state index >= 15 is 0 Å². The molecular formula is C14H18Cl2N2O2. The van der Waals surface area contributed by atoms with E-state index in [4.69, 9.17) is 28.3 Å². The number of aliphatic hydroxyl groups excluding tert-OH is 1. The Morgan fingerprint density at radius 3 is 2.85 bits per heavy atom. The van der Waals surface area contributed by atoms with Crippen LogP contribution in [0.15, 0.2) is 18.2 Å². The van der Waals surface area contributed by atoms with Gasteiger partial charge in [0.05, 0.1) is 16.1 Å². The third-order valence-corrected chi connectivity index (χ3v) is 4.43. The first kappa shape index (κ1) is 15.6. The van der Waals surface area contributed by atoms with E-state index in [0.29, 0.717) is 15.7 Å². The highest BCUT2D eigenvalue weighted by molar-refractivity contribution is 6.42. The maximum atomic E-state index is 12.2. The third kappa shape index (κ3) is 3.64. The summed E-state index contributed by atoms with van der Waals surface area (Å²) in [4.78, 5) is 14.3. The molecule has 1 aromatic rings. The van der Waals surface area contributed by atoms with Crippen LogP contribution in [0.2, 0.25) is 10.0 Å². The molecule has 20 heavy (non-hydrogen) atoms. The molecule has 6 heteroatoms. The Morgan fingerprint density at radius 2 is 2.25 bits per heavy atom. The van der Waals surface area contributed by atoms with Gasteiger partial charge in [0.2, 0.25) is 5.91 Å². The highest BCUT2D eigenvalue weighted by atomic mass is 35.5. The Bertz CT molecular complexity index is 496. The normalized spacial score (nSPS) is 20.9. The standard InChI is InChI=1S/C14H18Cl2N2O2/c1-9(18-5-4-10(7-18)8-19)14(20)17-11-2-3-12(15)13(16)6-11/h2-3,6,9-10,19H,4-5,7-8H2,1H3,(H,17,20). The summed E-state index contributed by atoms with van der Waals surface area (Å²) < 4.78 is 0. The Labute approximate surface area is 128 Å². The van der Waals surface area contributed by atoms with Crippen LogP contribution in [0.3, 0.4) is 0 Å². The number of benzene rings is 1. The number of carbonyl (C=O) groups is 1. The predicted octanol–water partition coefficient (Wildman–Crippen LogP) is 2.63. The van der Waals surface area contributed by atoms with Crippen molar-refractivity contribution in [1.82, 2.24) is 4.90 Å². The summed E-state index contributed by atoms with van der Waals surface area (Å²) in [6.45, 7) is 3.64. The third-order valence-electron chi connectivity index (χ3n) is 3.69. The first-order chi connectivity index (χ1) is 9.51. The summed E-state index contributed by atoms with van der Waals surface area (Å²) in [5.74, 6) is 0.192. The zero-order chi connectivity index (χ0) is 14.7. The van der Waals surface area contributed by atoms with Crippen LogP contribution in [0.5, 0.6) is 0 Å². The van der Waals surface area contributed by atoms with E-state index in [1.807, 2.05) is 6.92 Å². The largest absolute Gasteiger partial charge is 0.396 e. The summed E-state index contributed by atoms with van der Waals surface area (Å²) in [5, 5.41) is 12.9. The van der Waals surface area contributed by atoms with Gasteiger partial charge in [-0.15, -0.1) is 0 Å². The van der Waals surface area contributed by atoms with E-state index in [0.717, 1.165) is 19.5 Å². The van der Waals surface area contributed by atoms with Gasteiger partial charge in [-0.3, -0.25) is 9.69 Å². The van der Waals surface area contributed by atoms with Crippen molar-refractivity contribution in [2.75, 3.05) is 25.0 Å². The fourth-order valence-corrected chi connectivity index (χ4v) is 2.65. The average Bonchev–Trinajstić information content (AvgIpc) is 2.91. The molecule has 0 aromatic heterocycles. The maximum absolute atomic E-state index is 12.2. The van der Waals surface area contributed by atoms with Crippen molar-refractivity contribution >= 4 is 34.8 Å². The molecule has 0 bridgehead atoms. The van der Waals surface area contributed by atoms with Crippen LogP contribution in [-0.4, -0.2) is 41.7 Å². The molecule has 110 valence electrons. The van der Waals surface area contributed by atoms with Gasteiger partial charge >= 0.3 is 0 Å². The summed E-state index contributed by atoms with van der Waals surface area (Å²) >= 11 is 11.8. The van der Waals surface area contributed by atoms with E-state index in [9.17, 15) is 4.79 Å². The molecule has 1 saturated heterocycles. The molecule has 1 amide bonds. The number of carbonyl (C=O) groups excluding carboxylic acids is 1. The number of hydrogen-bond acceptors (Lipinski definition) is 3. The van der Waals surface area contributed by atoms with Crippen molar-refractivity contribution in [3.8, 4) is 0 Å². The average molecular weight is 317 g/mol. The number of aliphatic hydroxyl groups is 1. The summed E-state index contributed by atoms with van der Waals surface area (Å²) in [7, 11) is 0. The lowest BCUT2D eigenvalue weighted by Crippen LogP contribution is -2.40. The lowest BCUT2D eigenvalue weighted by molar-refractivity contribution is -0.120. The zero-order valence-corrected chi connectivity index (χ0v) is 12.8. The van der Waals surface area contributed by atoms with Crippen molar-refractivity contribution in [2.24, 2.45) is 5.92 Å². The van der Waals surface area contributed by atoms with Gasteiger partial charge in [0.15, 0.2) is 0 Å². The Hall–Kier alpha value is -0.810. The SMILES string of the molecule is CC(C(=O)Nc1ccc(Cl)c(Cl)c1)N1CCC(CO)C1. The molecule has 1 aromatic carbocycles. The van der Waals surface area contributed by atoms with Gasteiger partial charge in [-0.2, -0.15) is 0 Å². The highest BCUT2D eigenvalue weighted by Gasteiger charge is 2.29. The monoisotopic (exact) mass is 316 g/mol. The predicted molar refractivity (Wildman–Crippen MR) is 81.3 cm³/mol. The molecule has 0 saturated carbocycles. The van der Waals surface area contributed by atoms with Gasteiger partial charge < -0.3 is 10.4 Å². The number of nitrogens with one attached hydrogen (secondary N) is 1. The number of rotatable bonds is 4.